The van der Waals surface area contributed by atoms with E-state index in [9.17, 15) is 19.1 Å². The van der Waals surface area contributed by atoms with E-state index < -0.39 is 23.5 Å². The predicted molar refractivity (Wildman–Crippen MR) is 117 cm³/mol. The average Bonchev–Trinajstić information content (AvgIpc) is 3.33. The standard InChI is InChI=1S/C24H15FN2O3S/c25-16-11-5-4-10-15(16)20-19(21(28)14-8-2-1-3-9-14)22(29)23(30)27(20)24-26-17-12-6-7-13-18(17)31-24/h1-13,20,28H/t20-/m0/s1. The Kier molecular flexibility index (Phi) is 4.60. The lowest BCUT2D eigenvalue weighted by molar-refractivity contribution is -0.132. The van der Waals surface area contributed by atoms with E-state index >= 15 is 0 Å². The first-order valence-corrected chi connectivity index (χ1v) is 10.3. The van der Waals surface area contributed by atoms with Crippen LogP contribution in [0.4, 0.5) is 9.52 Å². The van der Waals surface area contributed by atoms with Crippen LogP contribution in [0.15, 0.2) is 84.4 Å². The lowest BCUT2D eigenvalue weighted by atomic mass is 9.95. The fourth-order valence-electron chi connectivity index (χ4n) is 3.74. The molecule has 1 fully saturated rings. The predicted octanol–water partition coefficient (Wildman–Crippen LogP) is 5.06. The normalized spacial score (nSPS) is 18.1. The molecule has 1 saturated heterocycles. The Morgan fingerprint density at radius 3 is 2.35 bits per heavy atom. The number of nitrogens with zero attached hydrogens (tertiary/aromatic N) is 2. The number of halogens is 1. The molecule has 0 radical (unpaired) electrons. The Morgan fingerprint density at radius 1 is 0.935 bits per heavy atom. The van der Waals surface area contributed by atoms with E-state index in [0.29, 0.717) is 11.1 Å². The third-order valence-electron chi connectivity index (χ3n) is 5.18. The van der Waals surface area contributed by atoms with Gasteiger partial charge in [0.15, 0.2) is 5.13 Å². The number of hydrogen-bond donors (Lipinski definition) is 1. The van der Waals surface area contributed by atoms with Crippen LogP contribution in [-0.2, 0) is 9.59 Å². The molecule has 152 valence electrons. The Balaban J connectivity index is 1.77. The van der Waals surface area contributed by atoms with Gasteiger partial charge >= 0.3 is 5.91 Å². The van der Waals surface area contributed by atoms with E-state index in [2.05, 4.69) is 4.98 Å². The minimum Gasteiger partial charge on any atom is -0.507 e. The van der Waals surface area contributed by atoms with Gasteiger partial charge in [0.05, 0.1) is 15.8 Å². The third kappa shape index (κ3) is 3.10. The number of aromatic nitrogens is 1. The monoisotopic (exact) mass is 430 g/mol. The molecule has 1 aliphatic heterocycles. The number of thiazole rings is 1. The van der Waals surface area contributed by atoms with Gasteiger partial charge in [0.2, 0.25) is 0 Å². The molecule has 0 saturated carbocycles. The second kappa shape index (κ2) is 7.45. The van der Waals surface area contributed by atoms with Crippen LogP contribution in [0.5, 0.6) is 0 Å². The lowest BCUT2D eigenvalue weighted by Crippen LogP contribution is -2.29. The molecule has 0 unspecified atom stereocenters. The van der Waals surface area contributed by atoms with E-state index in [1.807, 2.05) is 18.2 Å². The summed E-state index contributed by atoms with van der Waals surface area (Å²) in [6.45, 7) is 0. The van der Waals surface area contributed by atoms with Crippen LogP contribution in [-0.4, -0.2) is 21.8 Å². The second-order valence-electron chi connectivity index (χ2n) is 7.02. The molecule has 1 amide bonds. The van der Waals surface area contributed by atoms with Crippen LogP contribution in [0.2, 0.25) is 0 Å². The fourth-order valence-corrected chi connectivity index (χ4v) is 4.73. The highest BCUT2D eigenvalue weighted by molar-refractivity contribution is 7.22. The Morgan fingerprint density at radius 2 is 1.61 bits per heavy atom. The summed E-state index contributed by atoms with van der Waals surface area (Å²) in [5, 5.41) is 11.2. The fraction of sp³-hybridized carbons (Fsp3) is 0.0417. The highest BCUT2D eigenvalue weighted by Gasteiger charge is 2.49. The molecule has 0 bridgehead atoms. The highest BCUT2D eigenvalue weighted by Crippen LogP contribution is 2.44. The maximum Gasteiger partial charge on any atom is 0.301 e. The first-order valence-electron chi connectivity index (χ1n) is 9.52. The second-order valence-corrected chi connectivity index (χ2v) is 8.03. The molecule has 1 atom stereocenters. The molecule has 31 heavy (non-hydrogen) atoms. The lowest BCUT2D eigenvalue weighted by Gasteiger charge is -2.23. The minimum absolute atomic E-state index is 0.110. The van der Waals surface area contributed by atoms with Gasteiger partial charge in [-0.3, -0.25) is 14.5 Å². The summed E-state index contributed by atoms with van der Waals surface area (Å²) >= 11 is 1.23. The number of carbonyl (C=O) groups is 2. The largest absolute Gasteiger partial charge is 0.507 e. The van der Waals surface area contributed by atoms with Crippen LogP contribution in [0.25, 0.3) is 16.0 Å². The van der Waals surface area contributed by atoms with Crippen molar-refractivity contribution >= 4 is 44.1 Å². The quantitative estimate of drug-likeness (QED) is 0.280. The van der Waals surface area contributed by atoms with Crippen LogP contribution in [0.1, 0.15) is 17.2 Å². The number of para-hydroxylation sites is 1. The number of aliphatic hydroxyl groups is 1. The van der Waals surface area contributed by atoms with Crippen molar-refractivity contribution < 1.29 is 19.1 Å². The summed E-state index contributed by atoms with van der Waals surface area (Å²) < 4.78 is 15.7. The molecular formula is C24H15FN2O3S. The van der Waals surface area contributed by atoms with Gasteiger partial charge in [0.25, 0.3) is 5.78 Å². The maximum absolute atomic E-state index is 14.9. The first kappa shape index (κ1) is 19.1. The molecule has 1 aromatic heterocycles. The summed E-state index contributed by atoms with van der Waals surface area (Å²) in [7, 11) is 0. The number of benzene rings is 3. The zero-order chi connectivity index (χ0) is 21.5. The summed E-state index contributed by atoms with van der Waals surface area (Å²) in [5.41, 5.74) is 0.977. The zero-order valence-corrected chi connectivity index (χ0v) is 16.8. The van der Waals surface area contributed by atoms with Crippen molar-refractivity contribution in [1.29, 1.82) is 0 Å². The molecule has 0 spiro atoms. The van der Waals surface area contributed by atoms with Gasteiger partial charge in [-0.1, -0.05) is 72.0 Å². The number of rotatable bonds is 3. The van der Waals surface area contributed by atoms with Gasteiger partial charge in [0, 0.05) is 11.1 Å². The van der Waals surface area contributed by atoms with Gasteiger partial charge in [-0.25, -0.2) is 9.37 Å². The smallest absolute Gasteiger partial charge is 0.301 e. The van der Waals surface area contributed by atoms with Crippen molar-refractivity contribution in [2.45, 2.75) is 6.04 Å². The number of anilines is 1. The summed E-state index contributed by atoms with van der Waals surface area (Å²) in [6, 6.07) is 20.5. The van der Waals surface area contributed by atoms with Crippen molar-refractivity contribution in [3.05, 3.63) is 101 Å². The summed E-state index contributed by atoms with van der Waals surface area (Å²) in [6.07, 6.45) is 0. The molecular weight excluding hydrogens is 415 g/mol. The number of aliphatic hydroxyl groups excluding tert-OH is 1. The molecule has 7 heteroatoms. The Bertz CT molecular complexity index is 1330. The number of amides is 1. The van der Waals surface area contributed by atoms with Crippen molar-refractivity contribution in [2.75, 3.05) is 4.90 Å². The minimum atomic E-state index is -1.14. The topological polar surface area (TPSA) is 70.5 Å². The van der Waals surface area contributed by atoms with Crippen molar-refractivity contribution in [3.8, 4) is 0 Å². The third-order valence-corrected chi connectivity index (χ3v) is 6.22. The Hall–Kier alpha value is -3.84. The SMILES string of the molecule is O=C1C(=O)N(c2nc3ccccc3s2)[C@@H](c2ccccc2F)C1=C(O)c1ccccc1. The molecule has 1 N–H and O–H groups in total. The molecule has 4 aromatic rings. The van der Waals surface area contributed by atoms with Crippen LogP contribution >= 0.6 is 11.3 Å². The van der Waals surface area contributed by atoms with E-state index in [4.69, 9.17) is 0 Å². The van der Waals surface area contributed by atoms with Gasteiger partial charge < -0.3 is 5.11 Å². The first-order chi connectivity index (χ1) is 15.1. The molecule has 3 aromatic carbocycles. The number of fused-ring (bicyclic) bond motifs is 1. The number of Topliss-reactive ketones (excluding diaryl/α,β-unsaturated/α-hetero) is 1. The number of ketones is 1. The van der Waals surface area contributed by atoms with E-state index in [-0.39, 0.29) is 22.0 Å². The number of hydrogen-bond acceptors (Lipinski definition) is 5. The molecule has 5 nitrogen and oxygen atoms in total. The van der Waals surface area contributed by atoms with Gasteiger partial charge in [-0.15, -0.1) is 0 Å². The van der Waals surface area contributed by atoms with Crippen LogP contribution < -0.4 is 4.90 Å². The molecule has 2 heterocycles. The van der Waals surface area contributed by atoms with Crippen molar-refractivity contribution in [3.63, 3.8) is 0 Å². The summed E-state index contributed by atoms with van der Waals surface area (Å²) in [4.78, 5) is 31.8. The zero-order valence-electron chi connectivity index (χ0n) is 16.0. The van der Waals surface area contributed by atoms with E-state index in [0.717, 1.165) is 4.70 Å². The van der Waals surface area contributed by atoms with Gasteiger partial charge in [-0.05, 0) is 18.2 Å². The number of carbonyl (C=O) groups excluding carboxylic acids is 2. The average molecular weight is 430 g/mol. The summed E-state index contributed by atoms with van der Waals surface area (Å²) in [5.74, 6) is -2.67. The molecule has 1 aliphatic rings. The van der Waals surface area contributed by atoms with E-state index in [1.54, 1.807) is 42.5 Å². The van der Waals surface area contributed by atoms with Crippen LogP contribution in [0.3, 0.4) is 0 Å². The maximum atomic E-state index is 14.9. The van der Waals surface area contributed by atoms with Gasteiger partial charge in [0.1, 0.15) is 17.6 Å². The molecule has 0 aliphatic carbocycles. The van der Waals surface area contributed by atoms with Crippen molar-refractivity contribution in [2.24, 2.45) is 0 Å². The Labute approximate surface area is 180 Å². The van der Waals surface area contributed by atoms with Crippen molar-refractivity contribution in [1.82, 2.24) is 4.98 Å². The molecule has 5 rings (SSSR count). The van der Waals surface area contributed by atoms with Gasteiger partial charge in [-0.2, -0.15) is 0 Å². The highest BCUT2D eigenvalue weighted by atomic mass is 32.1. The van der Waals surface area contributed by atoms with Crippen LogP contribution in [0, 0.1) is 5.82 Å². The van der Waals surface area contributed by atoms with E-state index in [1.165, 1.54) is 34.4 Å².